The van der Waals surface area contributed by atoms with Crippen molar-refractivity contribution in [3.8, 4) is 23.7 Å². The molecule has 3 aromatic carbocycles. The van der Waals surface area contributed by atoms with Crippen molar-refractivity contribution in [1.82, 2.24) is 9.13 Å². The van der Waals surface area contributed by atoms with Gasteiger partial charge in [0, 0.05) is 39.3 Å². The maximum atomic E-state index is 6.04. The van der Waals surface area contributed by atoms with Gasteiger partial charge < -0.3 is 9.13 Å². The van der Waals surface area contributed by atoms with Gasteiger partial charge in [-0.25, -0.2) is 0 Å². The SMILES string of the molecule is C#Cc1c(/C=C\CC/C=C\c2c(/C=C\C=C)c(C)n(-c3cccc(CN=C)c3)c2C)n(-c2ccccc2)c2ccccc12. The zero-order valence-corrected chi connectivity index (χ0v) is 25.0. The van der Waals surface area contributed by atoms with E-state index in [0.717, 1.165) is 51.9 Å². The Hall–Kier alpha value is -5.33. The molecule has 0 N–H and O–H groups in total. The van der Waals surface area contributed by atoms with Gasteiger partial charge in [-0.1, -0.05) is 97.5 Å². The van der Waals surface area contributed by atoms with E-state index in [1.807, 2.05) is 24.3 Å². The first kappa shape index (κ1) is 29.2. The van der Waals surface area contributed by atoms with Crippen LogP contribution >= 0.6 is 0 Å². The summed E-state index contributed by atoms with van der Waals surface area (Å²) in [7, 11) is 0. The highest BCUT2D eigenvalue weighted by atomic mass is 15.0. The molecule has 5 rings (SSSR count). The zero-order valence-electron chi connectivity index (χ0n) is 25.0. The highest BCUT2D eigenvalue weighted by Crippen LogP contribution is 2.31. The molecule has 0 aliphatic rings. The summed E-state index contributed by atoms with van der Waals surface area (Å²) in [5.41, 5.74) is 11.2. The molecule has 2 aromatic heterocycles. The maximum absolute atomic E-state index is 6.04. The predicted molar refractivity (Wildman–Crippen MR) is 186 cm³/mol. The Morgan fingerprint density at radius 1 is 0.791 bits per heavy atom. The average molecular weight is 560 g/mol. The smallest absolute Gasteiger partial charge is 0.0633 e. The third kappa shape index (κ3) is 6.01. The molecule has 0 radical (unpaired) electrons. The lowest BCUT2D eigenvalue weighted by molar-refractivity contribution is 0.954. The molecule has 3 nitrogen and oxygen atoms in total. The first-order chi connectivity index (χ1) is 21.1. The van der Waals surface area contributed by atoms with Gasteiger partial charge in [0.15, 0.2) is 0 Å². The first-order valence-electron chi connectivity index (χ1n) is 14.6. The van der Waals surface area contributed by atoms with E-state index in [4.69, 9.17) is 6.42 Å². The standard InChI is InChI=1S/C40H37N3/c1-6-8-23-36-30(3)42(34-22-18-19-32(28-34)29-41-5)31(4)37(36)24-14-9-10-15-26-39-35(7-2)38-25-16-17-27-40(38)43(39)33-20-12-11-13-21-33/h2,6,8,11-28H,1,5,9-10,29H2,3-4H3/b23-8-,24-14-,26-15-. The van der Waals surface area contributed by atoms with E-state index >= 15 is 0 Å². The van der Waals surface area contributed by atoms with Crippen LogP contribution in [-0.2, 0) is 6.54 Å². The maximum Gasteiger partial charge on any atom is 0.0633 e. The number of hydrogen-bond donors (Lipinski definition) is 0. The van der Waals surface area contributed by atoms with Crippen LogP contribution in [0.25, 0.3) is 40.5 Å². The molecule has 0 unspecified atom stereocenters. The molecular weight excluding hydrogens is 522 g/mol. The average Bonchev–Trinajstić information content (AvgIpc) is 3.47. The van der Waals surface area contributed by atoms with Gasteiger partial charge in [0.05, 0.1) is 23.3 Å². The monoisotopic (exact) mass is 559 g/mol. The molecule has 0 spiro atoms. The van der Waals surface area contributed by atoms with E-state index in [1.165, 1.54) is 22.5 Å². The van der Waals surface area contributed by atoms with Gasteiger partial charge in [-0.2, -0.15) is 0 Å². The number of hydrogen-bond acceptors (Lipinski definition) is 1. The normalized spacial score (nSPS) is 11.7. The van der Waals surface area contributed by atoms with Crippen molar-refractivity contribution in [1.29, 1.82) is 0 Å². The summed E-state index contributed by atoms with van der Waals surface area (Å²) >= 11 is 0. The molecular formula is C40H37N3. The van der Waals surface area contributed by atoms with E-state index in [-0.39, 0.29) is 0 Å². The largest absolute Gasteiger partial charge is 0.317 e. The third-order valence-electron chi connectivity index (χ3n) is 7.73. The fourth-order valence-electron chi connectivity index (χ4n) is 5.79. The van der Waals surface area contributed by atoms with Crippen molar-refractivity contribution in [2.45, 2.75) is 33.2 Å². The number of rotatable bonds is 11. The number of unbranched alkanes of at least 4 members (excludes halogenated alkanes) is 1. The summed E-state index contributed by atoms with van der Waals surface area (Å²) in [6.07, 6.45) is 22.7. The number of allylic oxidation sites excluding steroid dienone is 4. The van der Waals surface area contributed by atoms with E-state index in [9.17, 15) is 0 Å². The predicted octanol–water partition coefficient (Wildman–Crippen LogP) is 9.93. The van der Waals surface area contributed by atoms with Gasteiger partial charge in [0.1, 0.15) is 0 Å². The second-order valence-corrected chi connectivity index (χ2v) is 10.5. The summed E-state index contributed by atoms with van der Waals surface area (Å²) in [5, 5.41) is 1.09. The molecule has 0 aliphatic heterocycles. The molecule has 0 fully saturated rings. The van der Waals surface area contributed by atoms with Crippen LogP contribution in [0.4, 0.5) is 0 Å². The Balaban J connectivity index is 1.42. The van der Waals surface area contributed by atoms with Gasteiger partial charge in [0.2, 0.25) is 0 Å². The Labute approximate surface area is 255 Å². The minimum Gasteiger partial charge on any atom is -0.317 e. The molecule has 0 bridgehead atoms. The zero-order chi connectivity index (χ0) is 30.2. The van der Waals surface area contributed by atoms with Gasteiger partial charge in [0.25, 0.3) is 0 Å². The second kappa shape index (κ2) is 13.6. The minimum atomic E-state index is 0.603. The molecule has 0 saturated carbocycles. The van der Waals surface area contributed by atoms with Crippen molar-refractivity contribution in [3.63, 3.8) is 0 Å². The lowest BCUT2D eigenvalue weighted by atomic mass is 10.1. The van der Waals surface area contributed by atoms with Crippen molar-refractivity contribution in [2.75, 3.05) is 0 Å². The van der Waals surface area contributed by atoms with Crippen molar-refractivity contribution in [3.05, 3.63) is 149 Å². The van der Waals surface area contributed by atoms with Gasteiger partial charge in [-0.3, -0.25) is 4.99 Å². The van der Waals surface area contributed by atoms with E-state index < -0.39 is 0 Å². The van der Waals surface area contributed by atoms with Crippen LogP contribution in [0.1, 0.15) is 52.2 Å². The van der Waals surface area contributed by atoms with E-state index in [2.05, 4.69) is 144 Å². The molecule has 43 heavy (non-hydrogen) atoms. The number of aliphatic imine (C=N–C) groups is 1. The molecule has 0 saturated heterocycles. The van der Waals surface area contributed by atoms with Crippen LogP contribution in [0, 0.1) is 26.2 Å². The molecule has 0 aliphatic carbocycles. The Bertz CT molecular complexity index is 1900. The van der Waals surface area contributed by atoms with Crippen LogP contribution < -0.4 is 0 Å². The van der Waals surface area contributed by atoms with Crippen molar-refractivity contribution >= 4 is 35.8 Å². The number of benzene rings is 3. The van der Waals surface area contributed by atoms with E-state index in [1.54, 1.807) is 0 Å². The minimum absolute atomic E-state index is 0.603. The molecule has 0 amide bonds. The number of terminal acetylenes is 1. The van der Waals surface area contributed by atoms with Crippen molar-refractivity contribution in [2.24, 2.45) is 4.99 Å². The van der Waals surface area contributed by atoms with Crippen LogP contribution in [0.5, 0.6) is 0 Å². The Morgan fingerprint density at radius 2 is 1.47 bits per heavy atom. The Morgan fingerprint density at radius 3 is 2.19 bits per heavy atom. The Kier molecular flexibility index (Phi) is 9.20. The van der Waals surface area contributed by atoms with Crippen LogP contribution in [0.2, 0.25) is 0 Å². The van der Waals surface area contributed by atoms with Gasteiger partial charge in [-0.05, 0) is 75.4 Å². The summed E-state index contributed by atoms with van der Waals surface area (Å²) in [4.78, 5) is 4.06. The van der Waals surface area contributed by atoms with E-state index in [0.29, 0.717) is 6.54 Å². The number of fused-ring (bicyclic) bond motifs is 1. The number of para-hydroxylation sites is 2. The summed E-state index contributed by atoms with van der Waals surface area (Å²) in [6, 6.07) is 27.2. The highest BCUT2D eigenvalue weighted by Gasteiger charge is 2.16. The fraction of sp³-hybridized carbons (Fsp3) is 0.125. The quantitative estimate of drug-likeness (QED) is 0.0665. The lowest BCUT2D eigenvalue weighted by Crippen LogP contribution is -2.00. The number of nitrogens with zero attached hydrogens (tertiary/aromatic N) is 3. The molecule has 0 atom stereocenters. The van der Waals surface area contributed by atoms with Crippen LogP contribution in [0.15, 0.2) is 115 Å². The topological polar surface area (TPSA) is 22.2 Å². The van der Waals surface area contributed by atoms with Crippen molar-refractivity contribution < 1.29 is 0 Å². The molecule has 5 aromatic rings. The van der Waals surface area contributed by atoms with Crippen LogP contribution in [-0.4, -0.2) is 15.9 Å². The van der Waals surface area contributed by atoms with Gasteiger partial charge in [-0.15, -0.1) is 6.42 Å². The fourth-order valence-corrected chi connectivity index (χ4v) is 5.79. The highest BCUT2D eigenvalue weighted by molar-refractivity contribution is 5.92. The summed E-state index contributed by atoms with van der Waals surface area (Å²) in [6.45, 7) is 12.5. The lowest BCUT2D eigenvalue weighted by Gasteiger charge is -2.11. The third-order valence-corrected chi connectivity index (χ3v) is 7.73. The first-order valence-corrected chi connectivity index (χ1v) is 14.6. The summed E-state index contributed by atoms with van der Waals surface area (Å²) < 4.78 is 4.57. The van der Waals surface area contributed by atoms with Crippen LogP contribution in [0.3, 0.4) is 0 Å². The van der Waals surface area contributed by atoms with Gasteiger partial charge >= 0.3 is 0 Å². The molecule has 2 heterocycles. The molecule has 212 valence electrons. The second-order valence-electron chi connectivity index (χ2n) is 10.5. The summed E-state index contributed by atoms with van der Waals surface area (Å²) in [5.74, 6) is 2.95. The number of aromatic nitrogens is 2. The molecule has 3 heteroatoms.